The van der Waals surface area contributed by atoms with E-state index in [9.17, 15) is 9.90 Å². The highest BCUT2D eigenvalue weighted by molar-refractivity contribution is 7.99. The van der Waals surface area contributed by atoms with Gasteiger partial charge in [0.25, 0.3) is 0 Å². The van der Waals surface area contributed by atoms with Gasteiger partial charge in [0.05, 0.1) is 0 Å². The maximum Gasteiger partial charge on any atom is 0.340 e. The summed E-state index contributed by atoms with van der Waals surface area (Å²) >= 11 is 1.68. The van der Waals surface area contributed by atoms with E-state index >= 15 is 0 Å². The Balaban J connectivity index is 2.02. The van der Waals surface area contributed by atoms with Crippen LogP contribution < -0.4 is 0 Å². The molecule has 20 heavy (non-hydrogen) atoms. The Morgan fingerprint density at radius 2 is 1.85 bits per heavy atom. The summed E-state index contributed by atoms with van der Waals surface area (Å²) < 4.78 is 0. The van der Waals surface area contributed by atoms with Crippen LogP contribution in [0, 0.1) is 0 Å². The van der Waals surface area contributed by atoms with E-state index in [1.807, 2.05) is 18.2 Å². The number of carboxylic acid groups (broad SMARTS) is 1. The van der Waals surface area contributed by atoms with Crippen LogP contribution in [0.15, 0.2) is 52.3 Å². The highest BCUT2D eigenvalue weighted by atomic mass is 32.2. The highest BCUT2D eigenvalue weighted by Crippen LogP contribution is 2.40. The van der Waals surface area contributed by atoms with Crippen LogP contribution in [0.4, 0.5) is 0 Å². The summed E-state index contributed by atoms with van der Waals surface area (Å²) in [6.45, 7) is 1.31. The van der Waals surface area contributed by atoms with Crippen molar-refractivity contribution in [3.63, 3.8) is 0 Å². The fourth-order valence-electron chi connectivity index (χ4n) is 2.32. The van der Waals surface area contributed by atoms with E-state index in [1.54, 1.807) is 23.9 Å². The van der Waals surface area contributed by atoms with Crippen LogP contribution in [0.2, 0.25) is 0 Å². The standard InChI is InChI=1S/C16H14O3S/c1-16(19,15(17)18)12-6-7-14-11(9-12)8-10-4-2-3-5-13(10)20-14/h2-7,9,19H,8H2,1H3,(H,17,18). The Labute approximate surface area is 121 Å². The molecular weight excluding hydrogens is 272 g/mol. The van der Waals surface area contributed by atoms with Gasteiger partial charge in [0, 0.05) is 9.79 Å². The Hall–Kier alpha value is -1.78. The molecule has 0 saturated heterocycles. The van der Waals surface area contributed by atoms with E-state index in [4.69, 9.17) is 5.11 Å². The van der Waals surface area contributed by atoms with E-state index in [1.165, 1.54) is 17.4 Å². The van der Waals surface area contributed by atoms with E-state index in [0.717, 1.165) is 16.9 Å². The normalized spacial score (nSPS) is 15.9. The highest BCUT2D eigenvalue weighted by Gasteiger charge is 2.33. The number of carbonyl (C=O) groups is 1. The lowest BCUT2D eigenvalue weighted by Gasteiger charge is -2.23. The number of aliphatic carboxylic acids is 1. The zero-order valence-electron chi connectivity index (χ0n) is 11.0. The molecule has 0 bridgehead atoms. The van der Waals surface area contributed by atoms with Gasteiger partial charge in [0.1, 0.15) is 0 Å². The number of rotatable bonds is 2. The molecule has 4 heteroatoms. The lowest BCUT2D eigenvalue weighted by molar-refractivity contribution is -0.157. The SMILES string of the molecule is CC(O)(C(=O)O)c1ccc2c(c1)Cc1ccccc1S2. The van der Waals surface area contributed by atoms with Crippen LogP contribution in [-0.4, -0.2) is 16.2 Å². The molecule has 0 radical (unpaired) electrons. The summed E-state index contributed by atoms with van der Waals surface area (Å²) in [6.07, 6.45) is 0.766. The topological polar surface area (TPSA) is 57.5 Å². The largest absolute Gasteiger partial charge is 0.479 e. The van der Waals surface area contributed by atoms with E-state index < -0.39 is 11.6 Å². The third-order valence-corrected chi connectivity index (χ3v) is 4.85. The molecule has 1 aliphatic heterocycles. The molecule has 2 N–H and O–H groups in total. The van der Waals surface area contributed by atoms with Gasteiger partial charge in [-0.25, -0.2) is 4.79 Å². The van der Waals surface area contributed by atoms with Crippen molar-refractivity contribution >= 4 is 17.7 Å². The van der Waals surface area contributed by atoms with Gasteiger partial charge >= 0.3 is 5.97 Å². The lowest BCUT2D eigenvalue weighted by Crippen LogP contribution is -2.32. The molecule has 3 nitrogen and oxygen atoms in total. The van der Waals surface area contributed by atoms with Gasteiger partial charge in [0.2, 0.25) is 0 Å². The summed E-state index contributed by atoms with van der Waals surface area (Å²) in [5.74, 6) is -1.23. The maximum absolute atomic E-state index is 11.1. The Bertz CT molecular complexity index is 692. The molecule has 0 aromatic heterocycles. The molecule has 0 spiro atoms. The van der Waals surface area contributed by atoms with Crippen LogP contribution in [0.25, 0.3) is 0 Å². The molecular formula is C16H14O3S. The van der Waals surface area contributed by atoms with Crippen molar-refractivity contribution < 1.29 is 15.0 Å². The smallest absolute Gasteiger partial charge is 0.340 e. The summed E-state index contributed by atoms with van der Waals surface area (Å²) in [5.41, 5.74) is 0.866. The van der Waals surface area contributed by atoms with Crippen LogP contribution in [-0.2, 0) is 16.8 Å². The monoisotopic (exact) mass is 286 g/mol. The zero-order valence-corrected chi connectivity index (χ0v) is 11.8. The van der Waals surface area contributed by atoms with Crippen molar-refractivity contribution in [1.82, 2.24) is 0 Å². The molecule has 1 aliphatic rings. The summed E-state index contributed by atoms with van der Waals surface area (Å²) in [7, 11) is 0. The quantitative estimate of drug-likeness (QED) is 0.760. The van der Waals surface area contributed by atoms with Crippen molar-refractivity contribution in [3.8, 4) is 0 Å². The molecule has 3 rings (SSSR count). The number of carboxylic acids is 1. The van der Waals surface area contributed by atoms with Crippen LogP contribution in [0.5, 0.6) is 0 Å². The van der Waals surface area contributed by atoms with Gasteiger partial charge < -0.3 is 10.2 Å². The molecule has 0 saturated carbocycles. The second kappa shape index (κ2) is 4.65. The molecule has 0 fully saturated rings. The number of benzene rings is 2. The molecule has 2 aromatic rings. The minimum absolute atomic E-state index is 0.420. The van der Waals surface area contributed by atoms with Crippen LogP contribution in [0.1, 0.15) is 23.6 Å². The third kappa shape index (κ3) is 2.11. The Kier molecular flexibility index (Phi) is 3.07. The average molecular weight is 286 g/mol. The molecule has 102 valence electrons. The number of hydrogen-bond donors (Lipinski definition) is 2. The van der Waals surface area contributed by atoms with Gasteiger partial charge in [-0.1, -0.05) is 42.1 Å². The van der Waals surface area contributed by atoms with Gasteiger partial charge in [-0.15, -0.1) is 0 Å². The van der Waals surface area contributed by atoms with E-state index in [2.05, 4.69) is 12.1 Å². The van der Waals surface area contributed by atoms with Crippen LogP contribution >= 0.6 is 11.8 Å². The second-order valence-electron chi connectivity index (χ2n) is 5.09. The minimum atomic E-state index is -1.85. The predicted molar refractivity (Wildman–Crippen MR) is 77.0 cm³/mol. The van der Waals surface area contributed by atoms with Crippen molar-refractivity contribution in [2.24, 2.45) is 0 Å². The second-order valence-corrected chi connectivity index (χ2v) is 6.17. The molecule has 1 unspecified atom stereocenters. The molecule has 2 aromatic carbocycles. The summed E-state index contributed by atoms with van der Waals surface area (Å²) in [4.78, 5) is 13.5. The predicted octanol–water partition coefficient (Wildman–Crippen LogP) is 3.03. The third-order valence-electron chi connectivity index (χ3n) is 3.61. The fourth-order valence-corrected chi connectivity index (χ4v) is 3.37. The first-order valence-electron chi connectivity index (χ1n) is 6.33. The minimum Gasteiger partial charge on any atom is -0.479 e. The first kappa shape index (κ1) is 13.2. The van der Waals surface area contributed by atoms with Gasteiger partial charge in [-0.05, 0) is 42.2 Å². The number of aliphatic hydroxyl groups is 1. The van der Waals surface area contributed by atoms with Crippen molar-refractivity contribution in [2.45, 2.75) is 28.7 Å². The van der Waals surface area contributed by atoms with Crippen molar-refractivity contribution in [2.75, 3.05) is 0 Å². The first-order chi connectivity index (χ1) is 9.48. The first-order valence-corrected chi connectivity index (χ1v) is 7.15. The number of fused-ring (bicyclic) bond motifs is 2. The van der Waals surface area contributed by atoms with E-state index in [0.29, 0.717) is 5.56 Å². The maximum atomic E-state index is 11.1. The lowest BCUT2D eigenvalue weighted by atomic mass is 9.92. The van der Waals surface area contributed by atoms with Gasteiger partial charge in [-0.3, -0.25) is 0 Å². The molecule has 1 heterocycles. The van der Waals surface area contributed by atoms with E-state index in [-0.39, 0.29) is 0 Å². The molecule has 0 amide bonds. The zero-order chi connectivity index (χ0) is 14.3. The fraction of sp³-hybridized carbons (Fsp3) is 0.188. The van der Waals surface area contributed by atoms with Crippen molar-refractivity contribution in [3.05, 3.63) is 59.2 Å². The molecule has 0 aliphatic carbocycles. The number of hydrogen-bond acceptors (Lipinski definition) is 3. The van der Waals surface area contributed by atoms with Crippen molar-refractivity contribution in [1.29, 1.82) is 0 Å². The Morgan fingerprint density at radius 1 is 1.15 bits per heavy atom. The Morgan fingerprint density at radius 3 is 2.60 bits per heavy atom. The summed E-state index contributed by atoms with van der Waals surface area (Å²) in [6, 6.07) is 13.6. The molecule has 1 atom stereocenters. The average Bonchev–Trinajstić information content (AvgIpc) is 2.44. The van der Waals surface area contributed by atoms with Crippen LogP contribution in [0.3, 0.4) is 0 Å². The summed E-state index contributed by atoms with van der Waals surface area (Å²) in [5, 5.41) is 19.2. The van der Waals surface area contributed by atoms with Gasteiger partial charge in [0.15, 0.2) is 5.60 Å². The van der Waals surface area contributed by atoms with Gasteiger partial charge in [-0.2, -0.15) is 0 Å².